The number of aliphatic carboxylic acids is 1. The molecule has 2 rings (SSSR count). The molecular formula is C10H11N2NaO3S. The molecular weight excluding hydrogens is 251 g/mol. The van der Waals surface area contributed by atoms with Crippen molar-refractivity contribution in [3.63, 3.8) is 0 Å². The maximum Gasteiger partial charge on any atom is 1.00 e. The molecule has 86 valence electrons. The van der Waals surface area contributed by atoms with Gasteiger partial charge in [-0.25, -0.2) is 0 Å². The van der Waals surface area contributed by atoms with Gasteiger partial charge in [0.05, 0.1) is 11.7 Å². The number of carbonyl (C=O) groups excluding carboxylic acids is 2. The van der Waals surface area contributed by atoms with Crippen molar-refractivity contribution in [3.8, 4) is 0 Å². The van der Waals surface area contributed by atoms with Gasteiger partial charge in [0.25, 0.3) is 0 Å². The van der Waals surface area contributed by atoms with Crippen molar-refractivity contribution in [3.05, 3.63) is 23.4 Å². The van der Waals surface area contributed by atoms with Gasteiger partial charge < -0.3 is 15.6 Å². The zero-order valence-electron chi connectivity index (χ0n) is 9.67. The molecule has 0 radical (unpaired) electrons. The number of carboxylic acids is 1. The summed E-state index contributed by atoms with van der Waals surface area (Å²) in [6.45, 7) is 1.79. The van der Waals surface area contributed by atoms with E-state index in [9.17, 15) is 14.7 Å². The second kappa shape index (κ2) is 5.58. The molecule has 0 bridgehead atoms. The summed E-state index contributed by atoms with van der Waals surface area (Å²) in [5.74, 6) is -1.13. The molecule has 0 spiro atoms. The Morgan fingerprint density at radius 1 is 1.65 bits per heavy atom. The van der Waals surface area contributed by atoms with Crippen LogP contribution in [0.2, 0.25) is 0 Å². The van der Waals surface area contributed by atoms with Gasteiger partial charge in [-0.2, -0.15) is 0 Å². The fourth-order valence-corrected chi connectivity index (χ4v) is 3.12. The second-order valence-electron chi connectivity index (χ2n) is 3.60. The summed E-state index contributed by atoms with van der Waals surface area (Å²) in [5, 5.41) is 10.8. The van der Waals surface area contributed by atoms with Crippen LogP contribution in [0.4, 0.5) is 0 Å². The fourth-order valence-electron chi connectivity index (χ4n) is 1.86. The van der Waals surface area contributed by atoms with Crippen molar-refractivity contribution in [2.75, 3.05) is 5.75 Å². The minimum atomic E-state index is -1.32. The number of fused-ring (bicyclic) bond motifs is 1. The number of β-lactam (4-membered cyclic amide) rings is 1. The first-order chi connectivity index (χ1) is 7.57. The maximum absolute atomic E-state index is 11.5. The second-order valence-corrected chi connectivity index (χ2v) is 4.70. The molecule has 5 nitrogen and oxygen atoms in total. The number of allylic oxidation sites excluding steroid dienone is 2. The average Bonchev–Trinajstić information content (AvgIpc) is 2.27. The SMILES string of the molecule is C/C=C\C1=C(C(=O)[O-])N2C(=O)[C@@H](N)[C@@H]2SC1.[Na+]. The first-order valence-electron chi connectivity index (χ1n) is 4.85. The van der Waals surface area contributed by atoms with E-state index in [1.807, 2.05) is 0 Å². The zero-order chi connectivity index (χ0) is 11.9. The van der Waals surface area contributed by atoms with Gasteiger partial charge in [0, 0.05) is 5.75 Å². The molecule has 0 aliphatic carbocycles. The van der Waals surface area contributed by atoms with E-state index in [-0.39, 0.29) is 46.5 Å². The van der Waals surface area contributed by atoms with Gasteiger partial charge in [0.15, 0.2) is 0 Å². The summed E-state index contributed by atoms with van der Waals surface area (Å²) in [5.41, 5.74) is 6.16. The summed E-state index contributed by atoms with van der Waals surface area (Å²) < 4.78 is 0. The van der Waals surface area contributed by atoms with Gasteiger partial charge in [-0.1, -0.05) is 12.2 Å². The Balaban J connectivity index is 0.00000144. The third-order valence-corrected chi connectivity index (χ3v) is 3.92. The van der Waals surface area contributed by atoms with Crippen LogP contribution in [0.25, 0.3) is 0 Å². The van der Waals surface area contributed by atoms with Gasteiger partial charge in [0.1, 0.15) is 11.4 Å². The normalized spacial score (nSPS) is 27.6. The Morgan fingerprint density at radius 3 is 2.82 bits per heavy atom. The van der Waals surface area contributed by atoms with E-state index in [2.05, 4.69) is 0 Å². The van der Waals surface area contributed by atoms with Crippen molar-refractivity contribution < 1.29 is 44.3 Å². The molecule has 0 aromatic carbocycles. The predicted molar refractivity (Wildman–Crippen MR) is 57.9 cm³/mol. The van der Waals surface area contributed by atoms with Crippen LogP contribution in [0.15, 0.2) is 23.4 Å². The predicted octanol–water partition coefficient (Wildman–Crippen LogP) is -4.19. The van der Waals surface area contributed by atoms with E-state index in [0.717, 1.165) is 0 Å². The average molecular weight is 262 g/mol. The number of nitrogens with two attached hydrogens (primary N) is 1. The third kappa shape index (κ3) is 2.32. The van der Waals surface area contributed by atoms with E-state index in [0.29, 0.717) is 11.3 Å². The quantitative estimate of drug-likeness (QED) is 0.403. The Morgan fingerprint density at radius 2 is 2.29 bits per heavy atom. The summed E-state index contributed by atoms with van der Waals surface area (Å²) >= 11 is 1.47. The standard InChI is InChI=1S/C10H12N2O3S.Na/c1-2-3-5-4-16-9-6(11)8(13)12(9)7(5)10(14)15;/h2-3,6,9H,4,11H2,1H3,(H,14,15);/q;+1/p-1/b3-2-;/t6-,9+;/m1./s1. The molecule has 2 aliphatic rings. The topological polar surface area (TPSA) is 86.5 Å². The van der Waals surface area contributed by atoms with Crippen molar-refractivity contribution in [2.45, 2.75) is 18.3 Å². The van der Waals surface area contributed by atoms with Gasteiger partial charge >= 0.3 is 29.6 Å². The summed E-state index contributed by atoms with van der Waals surface area (Å²) in [7, 11) is 0. The molecule has 17 heavy (non-hydrogen) atoms. The number of carboxylic acid groups (broad SMARTS) is 1. The Labute approximate surface area is 125 Å². The smallest absolute Gasteiger partial charge is 0.543 e. The van der Waals surface area contributed by atoms with Crippen molar-refractivity contribution in [2.24, 2.45) is 5.73 Å². The van der Waals surface area contributed by atoms with Gasteiger partial charge in [0.2, 0.25) is 5.91 Å². The number of amides is 1. The molecule has 2 N–H and O–H groups in total. The van der Waals surface area contributed by atoms with Gasteiger partial charge in [-0.15, -0.1) is 11.8 Å². The van der Waals surface area contributed by atoms with Crippen molar-refractivity contribution in [1.29, 1.82) is 0 Å². The number of thioether (sulfide) groups is 1. The summed E-state index contributed by atoms with van der Waals surface area (Å²) in [6.07, 6.45) is 3.43. The summed E-state index contributed by atoms with van der Waals surface area (Å²) in [6, 6.07) is -0.591. The van der Waals surface area contributed by atoms with Crippen LogP contribution in [-0.2, 0) is 9.59 Å². The third-order valence-electron chi connectivity index (χ3n) is 2.60. The zero-order valence-corrected chi connectivity index (χ0v) is 12.5. The van der Waals surface area contributed by atoms with E-state index >= 15 is 0 Å². The monoisotopic (exact) mass is 262 g/mol. The number of nitrogens with zero attached hydrogens (tertiary/aromatic N) is 1. The number of carbonyl (C=O) groups is 2. The van der Waals surface area contributed by atoms with Crippen LogP contribution in [-0.4, -0.2) is 33.9 Å². The van der Waals surface area contributed by atoms with E-state index in [1.165, 1.54) is 16.7 Å². The number of rotatable bonds is 2. The van der Waals surface area contributed by atoms with Crippen LogP contribution in [0, 0.1) is 0 Å². The molecule has 2 aliphatic heterocycles. The van der Waals surface area contributed by atoms with Crippen LogP contribution < -0.4 is 40.4 Å². The Bertz CT molecular complexity index is 422. The Hall–Kier alpha value is -0.270. The fraction of sp³-hybridized carbons (Fsp3) is 0.400. The first kappa shape index (κ1) is 14.8. The molecule has 1 amide bonds. The molecule has 0 unspecified atom stereocenters. The van der Waals surface area contributed by atoms with Crippen LogP contribution >= 0.6 is 11.8 Å². The van der Waals surface area contributed by atoms with E-state index in [4.69, 9.17) is 5.73 Å². The molecule has 1 fully saturated rings. The molecule has 1 saturated heterocycles. The van der Waals surface area contributed by atoms with Crippen molar-refractivity contribution >= 4 is 23.6 Å². The first-order valence-corrected chi connectivity index (χ1v) is 5.90. The van der Waals surface area contributed by atoms with Gasteiger partial charge in [-0.05, 0) is 12.5 Å². The minimum absolute atomic E-state index is 0. The molecule has 0 saturated carbocycles. The van der Waals surface area contributed by atoms with Crippen molar-refractivity contribution in [1.82, 2.24) is 4.90 Å². The molecule has 0 aromatic heterocycles. The molecule has 2 heterocycles. The largest absolute Gasteiger partial charge is 1.00 e. The van der Waals surface area contributed by atoms with E-state index < -0.39 is 12.0 Å². The van der Waals surface area contributed by atoms with Crippen LogP contribution in [0.5, 0.6) is 0 Å². The number of hydrogen-bond donors (Lipinski definition) is 1. The van der Waals surface area contributed by atoms with E-state index in [1.54, 1.807) is 19.1 Å². The van der Waals surface area contributed by atoms with Crippen LogP contribution in [0.1, 0.15) is 6.92 Å². The summed E-state index contributed by atoms with van der Waals surface area (Å²) in [4.78, 5) is 23.8. The minimum Gasteiger partial charge on any atom is -0.543 e. The molecule has 0 aromatic rings. The Kier molecular flexibility index (Phi) is 4.86. The molecule has 2 atom stereocenters. The number of hydrogen-bond acceptors (Lipinski definition) is 5. The molecule has 7 heteroatoms. The maximum atomic E-state index is 11.5. The van der Waals surface area contributed by atoms with Gasteiger partial charge in [-0.3, -0.25) is 9.69 Å². The van der Waals surface area contributed by atoms with Crippen LogP contribution in [0.3, 0.4) is 0 Å².